The number of rotatable bonds is 6. The van der Waals surface area contributed by atoms with Crippen LogP contribution in [0.1, 0.15) is 0 Å². The number of hydrogen-bond donors (Lipinski definition) is 2. The maximum Gasteiger partial charge on any atom is 0.283 e. The average molecular weight is 525 g/mol. The lowest BCUT2D eigenvalue weighted by molar-refractivity contribution is -0.120. The Bertz CT molecular complexity index is 1380. The first kappa shape index (κ1) is 23.0. The van der Waals surface area contributed by atoms with Gasteiger partial charge in [-0.05, 0) is 60.7 Å². The number of hydrogen-bond acceptors (Lipinski definition) is 7. The number of nitrogens with zero attached hydrogens (tertiary/aromatic N) is 3. The molecule has 0 saturated carbocycles. The Hall–Kier alpha value is -3.18. The summed E-state index contributed by atoms with van der Waals surface area (Å²) in [5, 5.41) is 10.3. The highest BCUT2D eigenvalue weighted by Crippen LogP contribution is 2.31. The zero-order valence-electron chi connectivity index (χ0n) is 16.3. The van der Waals surface area contributed by atoms with Gasteiger partial charge in [0.1, 0.15) is 10.7 Å². The molecular weight excluding hydrogens is 513 g/mol. The van der Waals surface area contributed by atoms with Crippen molar-refractivity contribution in [1.29, 1.82) is 0 Å². The Kier molecular flexibility index (Phi) is 6.26. The molecule has 2 heterocycles. The van der Waals surface area contributed by atoms with Gasteiger partial charge in [-0.2, -0.15) is 0 Å². The minimum atomic E-state index is -3.95. The molecule has 0 fully saturated rings. The lowest BCUT2D eigenvalue weighted by Gasteiger charge is -2.15. The Morgan fingerprint density at radius 2 is 1.45 bits per heavy atom. The molecule has 0 aliphatic carbocycles. The third-order valence-corrected chi connectivity index (χ3v) is 6.59. The van der Waals surface area contributed by atoms with E-state index in [9.17, 15) is 18.0 Å². The third kappa shape index (κ3) is 4.79. The standard InChI is InChI=1S/C20H12Cl3N5O4S/c21-11-1-5-13(6-2-11)28-19(29)17(23)18(20(28)30)24-12-3-7-14(8-4-12)33(31,32)27-16-10-9-15(22)25-26-16/h1-10,24H,(H,26,27). The lowest BCUT2D eigenvalue weighted by atomic mass is 10.3. The molecule has 2 N–H and O–H groups in total. The average Bonchev–Trinajstić information content (AvgIpc) is 2.99. The van der Waals surface area contributed by atoms with Crippen LogP contribution in [0, 0.1) is 0 Å². The summed E-state index contributed by atoms with van der Waals surface area (Å²) in [7, 11) is -3.95. The number of anilines is 3. The van der Waals surface area contributed by atoms with Crippen molar-refractivity contribution in [2.45, 2.75) is 4.90 Å². The first-order valence-electron chi connectivity index (χ1n) is 9.09. The molecule has 1 aromatic heterocycles. The maximum absolute atomic E-state index is 12.8. The quantitative estimate of drug-likeness (QED) is 0.467. The van der Waals surface area contributed by atoms with Gasteiger partial charge in [0.05, 0.1) is 10.6 Å². The van der Waals surface area contributed by atoms with Crippen LogP contribution in [-0.2, 0) is 19.6 Å². The number of carbonyl (C=O) groups is 2. The summed E-state index contributed by atoms with van der Waals surface area (Å²) in [5.74, 6) is -1.36. The van der Waals surface area contributed by atoms with Crippen LogP contribution in [0.4, 0.5) is 17.2 Å². The van der Waals surface area contributed by atoms with Crippen molar-refractivity contribution < 1.29 is 18.0 Å². The second kappa shape index (κ2) is 8.99. The lowest BCUT2D eigenvalue weighted by Crippen LogP contribution is -2.32. The number of aromatic nitrogens is 2. The Balaban J connectivity index is 1.51. The van der Waals surface area contributed by atoms with E-state index in [0.717, 1.165) is 4.90 Å². The largest absolute Gasteiger partial charge is 0.350 e. The summed E-state index contributed by atoms with van der Waals surface area (Å²) in [4.78, 5) is 26.2. The zero-order valence-corrected chi connectivity index (χ0v) is 19.4. The van der Waals surface area contributed by atoms with E-state index < -0.39 is 21.8 Å². The molecular formula is C20H12Cl3N5O4S. The molecule has 4 rings (SSSR count). The molecule has 2 aromatic carbocycles. The van der Waals surface area contributed by atoms with Gasteiger partial charge in [-0.1, -0.05) is 34.8 Å². The van der Waals surface area contributed by atoms with Gasteiger partial charge >= 0.3 is 0 Å². The summed E-state index contributed by atoms with van der Waals surface area (Å²) in [6.07, 6.45) is 0. The highest BCUT2D eigenvalue weighted by Gasteiger charge is 2.38. The van der Waals surface area contributed by atoms with Gasteiger partial charge in [0.15, 0.2) is 11.0 Å². The molecule has 9 nitrogen and oxygen atoms in total. The van der Waals surface area contributed by atoms with Crippen LogP contribution >= 0.6 is 34.8 Å². The van der Waals surface area contributed by atoms with Gasteiger partial charge in [-0.15, -0.1) is 10.2 Å². The Labute approximate surface area is 203 Å². The second-order valence-electron chi connectivity index (χ2n) is 6.61. The molecule has 0 bridgehead atoms. The summed E-state index contributed by atoms with van der Waals surface area (Å²) >= 11 is 17.6. The fraction of sp³-hybridized carbons (Fsp3) is 0. The number of imide groups is 1. The molecule has 0 radical (unpaired) electrons. The van der Waals surface area contributed by atoms with Crippen molar-refractivity contribution in [3.8, 4) is 0 Å². The van der Waals surface area contributed by atoms with Gasteiger partial charge in [-0.25, -0.2) is 13.3 Å². The Morgan fingerprint density at radius 1 is 0.788 bits per heavy atom. The molecule has 0 spiro atoms. The fourth-order valence-electron chi connectivity index (χ4n) is 2.86. The highest BCUT2D eigenvalue weighted by atomic mass is 35.5. The smallest absolute Gasteiger partial charge is 0.283 e. The van der Waals surface area contributed by atoms with E-state index in [4.69, 9.17) is 34.8 Å². The number of sulfonamides is 1. The van der Waals surface area contributed by atoms with Crippen LogP contribution in [-0.4, -0.2) is 30.4 Å². The van der Waals surface area contributed by atoms with Crippen molar-refractivity contribution in [3.63, 3.8) is 0 Å². The third-order valence-electron chi connectivity index (χ3n) is 4.42. The normalized spacial score (nSPS) is 14.1. The fourth-order valence-corrected chi connectivity index (χ4v) is 4.30. The molecule has 168 valence electrons. The van der Waals surface area contributed by atoms with E-state index in [1.807, 2.05) is 0 Å². The monoisotopic (exact) mass is 523 g/mol. The minimum Gasteiger partial charge on any atom is -0.350 e. The van der Waals surface area contributed by atoms with Crippen LogP contribution < -0.4 is 14.9 Å². The van der Waals surface area contributed by atoms with Gasteiger partial charge < -0.3 is 5.32 Å². The van der Waals surface area contributed by atoms with E-state index in [1.165, 1.54) is 48.5 Å². The summed E-state index contributed by atoms with van der Waals surface area (Å²) < 4.78 is 27.3. The number of amides is 2. The zero-order chi connectivity index (χ0) is 23.8. The van der Waals surface area contributed by atoms with E-state index in [1.54, 1.807) is 12.1 Å². The number of halogens is 3. The van der Waals surface area contributed by atoms with Crippen molar-refractivity contribution >= 4 is 73.8 Å². The van der Waals surface area contributed by atoms with Crippen LogP contribution in [0.15, 0.2) is 76.3 Å². The van der Waals surface area contributed by atoms with Crippen LogP contribution in [0.2, 0.25) is 10.2 Å². The van der Waals surface area contributed by atoms with Crippen LogP contribution in [0.25, 0.3) is 0 Å². The van der Waals surface area contributed by atoms with Crippen LogP contribution in [0.5, 0.6) is 0 Å². The van der Waals surface area contributed by atoms with Crippen molar-refractivity contribution in [1.82, 2.24) is 10.2 Å². The van der Waals surface area contributed by atoms with Crippen LogP contribution in [0.3, 0.4) is 0 Å². The molecule has 2 amide bonds. The molecule has 1 aliphatic rings. The SMILES string of the molecule is O=C1C(Cl)=C(Nc2ccc(S(=O)(=O)Nc3ccc(Cl)nn3)cc2)C(=O)N1c1ccc(Cl)cc1. The maximum atomic E-state index is 12.8. The molecule has 3 aromatic rings. The highest BCUT2D eigenvalue weighted by molar-refractivity contribution is 7.92. The molecule has 33 heavy (non-hydrogen) atoms. The van der Waals surface area contributed by atoms with E-state index in [-0.39, 0.29) is 26.6 Å². The predicted octanol–water partition coefficient (Wildman–Crippen LogP) is 4.02. The number of nitrogens with one attached hydrogen (secondary N) is 2. The van der Waals surface area contributed by atoms with E-state index in [0.29, 0.717) is 16.4 Å². The summed E-state index contributed by atoms with van der Waals surface area (Å²) in [5.41, 5.74) is 0.511. The van der Waals surface area contributed by atoms with E-state index >= 15 is 0 Å². The molecule has 0 saturated heterocycles. The van der Waals surface area contributed by atoms with Crippen molar-refractivity contribution in [2.75, 3.05) is 14.9 Å². The topological polar surface area (TPSA) is 121 Å². The minimum absolute atomic E-state index is 0.00380. The van der Waals surface area contributed by atoms with Crippen molar-refractivity contribution in [3.05, 3.63) is 81.6 Å². The summed E-state index contributed by atoms with van der Waals surface area (Å²) in [6, 6.07) is 14.3. The predicted molar refractivity (Wildman–Crippen MR) is 125 cm³/mol. The summed E-state index contributed by atoms with van der Waals surface area (Å²) in [6.45, 7) is 0. The van der Waals surface area contributed by atoms with Gasteiger partial charge in [0, 0.05) is 10.7 Å². The van der Waals surface area contributed by atoms with Gasteiger partial charge in [0.2, 0.25) is 0 Å². The number of benzene rings is 2. The van der Waals surface area contributed by atoms with Gasteiger partial charge in [0.25, 0.3) is 21.8 Å². The second-order valence-corrected chi connectivity index (χ2v) is 9.49. The number of carbonyl (C=O) groups excluding carboxylic acids is 2. The van der Waals surface area contributed by atoms with E-state index in [2.05, 4.69) is 20.2 Å². The van der Waals surface area contributed by atoms with Crippen molar-refractivity contribution in [2.24, 2.45) is 0 Å². The van der Waals surface area contributed by atoms with Gasteiger partial charge in [-0.3, -0.25) is 14.3 Å². The molecule has 0 unspecified atom stereocenters. The molecule has 13 heteroatoms. The Morgan fingerprint density at radius 3 is 2.06 bits per heavy atom. The molecule has 0 atom stereocenters. The first-order valence-corrected chi connectivity index (χ1v) is 11.7. The first-order chi connectivity index (χ1) is 15.7. The molecule has 1 aliphatic heterocycles.